The van der Waals surface area contributed by atoms with E-state index in [-0.39, 0.29) is 0 Å². The molecule has 0 radical (unpaired) electrons. The first kappa shape index (κ1) is 10.7. The molecule has 1 aromatic carbocycles. The zero-order valence-corrected chi connectivity index (χ0v) is 10.6. The van der Waals surface area contributed by atoms with E-state index in [1.54, 1.807) is 0 Å². The standard InChI is InChI=1S/C12H15BrN2/c1-15(2)7-6-10-8-9-4-3-5-11(13)12(9)14-10/h3-5,8,14H,6-7H2,1-2H3. The van der Waals surface area contributed by atoms with Crippen LogP contribution in [0.25, 0.3) is 10.9 Å². The molecule has 0 amide bonds. The van der Waals surface area contributed by atoms with E-state index >= 15 is 0 Å². The fraction of sp³-hybridized carbons (Fsp3) is 0.333. The van der Waals surface area contributed by atoms with Gasteiger partial charge in [0.25, 0.3) is 0 Å². The highest BCUT2D eigenvalue weighted by Gasteiger charge is 2.03. The molecular formula is C12H15BrN2. The van der Waals surface area contributed by atoms with Crippen LogP contribution in [-0.4, -0.2) is 30.5 Å². The summed E-state index contributed by atoms with van der Waals surface area (Å²) >= 11 is 3.55. The molecule has 80 valence electrons. The van der Waals surface area contributed by atoms with E-state index in [0.29, 0.717) is 0 Å². The number of H-pyrrole nitrogens is 1. The number of benzene rings is 1. The predicted octanol–water partition coefficient (Wildman–Crippen LogP) is 3.03. The molecule has 0 aliphatic heterocycles. The van der Waals surface area contributed by atoms with E-state index in [1.807, 2.05) is 0 Å². The minimum absolute atomic E-state index is 1.06. The number of nitrogens with one attached hydrogen (secondary N) is 1. The number of hydrogen-bond acceptors (Lipinski definition) is 1. The van der Waals surface area contributed by atoms with Crippen LogP contribution in [0.1, 0.15) is 5.69 Å². The molecule has 2 rings (SSSR count). The van der Waals surface area contributed by atoms with Crippen molar-refractivity contribution < 1.29 is 0 Å². The Balaban J connectivity index is 2.27. The highest BCUT2D eigenvalue weighted by Crippen LogP contribution is 2.23. The minimum atomic E-state index is 1.06. The molecule has 0 aliphatic rings. The van der Waals surface area contributed by atoms with Crippen molar-refractivity contribution in [2.45, 2.75) is 6.42 Å². The van der Waals surface area contributed by atoms with Gasteiger partial charge in [-0.15, -0.1) is 0 Å². The highest BCUT2D eigenvalue weighted by atomic mass is 79.9. The fourth-order valence-electron chi connectivity index (χ4n) is 1.66. The number of likely N-dealkylation sites (N-methyl/N-ethyl adjacent to an activating group) is 1. The summed E-state index contributed by atoms with van der Waals surface area (Å²) in [5, 5.41) is 1.28. The normalized spacial score (nSPS) is 11.5. The lowest BCUT2D eigenvalue weighted by molar-refractivity contribution is 0.412. The largest absolute Gasteiger partial charge is 0.357 e. The molecule has 15 heavy (non-hydrogen) atoms. The Bertz CT molecular complexity index is 460. The molecule has 0 saturated heterocycles. The lowest BCUT2D eigenvalue weighted by atomic mass is 10.2. The highest BCUT2D eigenvalue weighted by molar-refractivity contribution is 9.10. The minimum Gasteiger partial charge on any atom is -0.357 e. The zero-order valence-electron chi connectivity index (χ0n) is 9.05. The van der Waals surface area contributed by atoms with Gasteiger partial charge in [-0.25, -0.2) is 0 Å². The second-order valence-corrected chi connectivity index (χ2v) is 4.91. The first-order valence-electron chi connectivity index (χ1n) is 5.07. The molecule has 0 unspecified atom stereocenters. The van der Waals surface area contributed by atoms with Crippen molar-refractivity contribution in [3.05, 3.63) is 34.4 Å². The Kier molecular flexibility index (Phi) is 3.12. The molecule has 0 saturated carbocycles. The Morgan fingerprint density at radius 3 is 2.80 bits per heavy atom. The maximum absolute atomic E-state index is 3.55. The second-order valence-electron chi connectivity index (χ2n) is 4.05. The molecule has 0 spiro atoms. The molecule has 0 atom stereocenters. The molecule has 0 aliphatic carbocycles. The average molecular weight is 267 g/mol. The van der Waals surface area contributed by atoms with Gasteiger partial charge in [-0.3, -0.25) is 0 Å². The van der Waals surface area contributed by atoms with E-state index < -0.39 is 0 Å². The second kappa shape index (κ2) is 4.37. The number of para-hydroxylation sites is 1. The van der Waals surface area contributed by atoms with E-state index in [1.165, 1.54) is 16.6 Å². The van der Waals surface area contributed by atoms with Gasteiger partial charge in [-0.2, -0.15) is 0 Å². The Hall–Kier alpha value is -0.800. The van der Waals surface area contributed by atoms with Gasteiger partial charge in [-0.05, 0) is 42.2 Å². The SMILES string of the molecule is CN(C)CCc1cc2cccc(Br)c2[nH]1. The predicted molar refractivity (Wildman–Crippen MR) is 68.3 cm³/mol. The van der Waals surface area contributed by atoms with Crippen molar-refractivity contribution in [1.82, 2.24) is 9.88 Å². The quantitative estimate of drug-likeness (QED) is 0.905. The van der Waals surface area contributed by atoms with Gasteiger partial charge in [0.1, 0.15) is 0 Å². The lowest BCUT2D eigenvalue weighted by Gasteiger charge is -2.07. The molecule has 0 bridgehead atoms. The smallest absolute Gasteiger partial charge is 0.0600 e. The van der Waals surface area contributed by atoms with Crippen LogP contribution in [-0.2, 0) is 6.42 Å². The summed E-state index contributed by atoms with van der Waals surface area (Å²) in [7, 11) is 4.19. The number of nitrogens with zero attached hydrogens (tertiary/aromatic N) is 1. The Morgan fingerprint density at radius 1 is 1.33 bits per heavy atom. The summed E-state index contributed by atoms with van der Waals surface area (Å²) in [6.07, 6.45) is 1.06. The molecule has 2 nitrogen and oxygen atoms in total. The molecule has 2 aromatic rings. The number of halogens is 1. The van der Waals surface area contributed by atoms with Crippen molar-refractivity contribution in [3.63, 3.8) is 0 Å². The molecule has 3 heteroatoms. The first-order valence-corrected chi connectivity index (χ1v) is 5.87. The van der Waals surface area contributed by atoms with Gasteiger partial charge in [0, 0.05) is 28.5 Å². The summed E-state index contributed by atoms with van der Waals surface area (Å²) in [6, 6.07) is 8.49. The number of hydrogen-bond donors (Lipinski definition) is 1. The van der Waals surface area contributed by atoms with Crippen LogP contribution in [0.15, 0.2) is 28.7 Å². The van der Waals surface area contributed by atoms with Crippen LogP contribution in [0.5, 0.6) is 0 Å². The van der Waals surface area contributed by atoms with Crippen LogP contribution in [0.4, 0.5) is 0 Å². The fourth-order valence-corrected chi connectivity index (χ4v) is 2.14. The third-order valence-corrected chi connectivity index (χ3v) is 3.15. The summed E-state index contributed by atoms with van der Waals surface area (Å²) in [4.78, 5) is 5.64. The van der Waals surface area contributed by atoms with Crippen LogP contribution in [0.3, 0.4) is 0 Å². The van der Waals surface area contributed by atoms with E-state index in [4.69, 9.17) is 0 Å². The summed E-state index contributed by atoms with van der Waals surface area (Å²) < 4.78 is 1.14. The van der Waals surface area contributed by atoms with Crippen LogP contribution in [0, 0.1) is 0 Å². The maximum atomic E-state index is 3.55. The molecule has 1 N–H and O–H groups in total. The summed E-state index contributed by atoms with van der Waals surface area (Å²) in [5.74, 6) is 0. The third kappa shape index (κ3) is 2.41. The number of aromatic amines is 1. The third-order valence-electron chi connectivity index (χ3n) is 2.49. The van der Waals surface area contributed by atoms with Crippen LogP contribution in [0.2, 0.25) is 0 Å². The van der Waals surface area contributed by atoms with E-state index in [9.17, 15) is 0 Å². The monoisotopic (exact) mass is 266 g/mol. The van der Waals surface area contributed by atoms with Gasteiger partial charge in [0.15, 0.2) is 0 Å². The van der Waals surface area contributed by atoms with Gasteiger partial charge in [0.2, 0.25) is 0 Å². The molecular weight excluding hydrogens is 252 g/mol. The van der Waals surface area contributed by atoms with Crippen molar-refractivity contribution in [1.29, 1.82) is 0 Å². The first-order chi connectivity index (χ1) is 7.16. The van der Waals surface area contributed by atoms with Crippen molar-refractivity contribution in [3.8, 4) is 0 Å². The van der Waals surface area contributed by atoms with Gasteiger partial charge in [0.05, 0.1) is 5.52 Å². The zero-order chi connectivity index (χ0) is 10.8. The molecule has 1 heterocycles. The number of aromatic nitrogens is 1. The van der Waals surface area contributed by atoms with Gasteiger partial charge in [-0.1, -0.05) is 12.1 Å². The van der Waals surface area contributed by atoms with Crippen LogP contribution >= 0.6 is 15.9 Å². The maximum Gasteiger partial charge on any atom is 0.0600 e. The van der Waals surface area contributed by atoms with Crippen molar-refractivity contribution in [2.75, 3.05) is 20.6 Å². The summed E-state index contributed by atoms with van der Waals surface area (Å²) in [5.41, 5.74) is 2.50. The number of rotatable bonds is 3. The van der Waals surface area contributed by atoms with Crippen molar-refractivity contribution >= 4 is 26.8 Å². The average Bonchev–Trinajstić information content (AvgIpc) is 2.59. The Labute approximate surface area is 98.4 Å². The Morgan fingerprint density at radius 2 is 2.13 bits per heavy atom. The van der Waals surface area contributed by atoms with Gasteiger partial charge < -0.3 is 9.88 Å². The lowest BCUT2D eigenvalue weighted by Crippen LogP contribution is -2.15. The van der Waals surface area contributed by atoms with Gasteiger partial charge >= 0.3 is 0 Å². The van der Waals surface area contributed by atoms with Crippen LogP contribution < -0.4 is 0 Å². The van der Waals surface area contributed by atoms with Crippen molar-refractivity contribution in [2.24, 2.45) is 0 Å². The van der Waals surface area contributed by atoms with E-state index in [0.717, 1.165) is 17.4 Å². The summed E-state index contributed by atoms with van der Waals surface area (Å²) in [6.45, 7) is 1.07. The number of fused-ring (bicyclic) bond motifs is 1. The molecule has 1 aromatic heterocycles. The van der Waals surface area contributed by atoms with E-state index in [2.05, 4.69) is 64.2 Å². The molecule has 0 fully saturated rings. The topological polar surface area (TPSA) is 19.0 Å².